The maximum Gasteiger partial charge on any atom is 0.252 e. The number of fused-ring (bicyclic) bond motifs is 1. The molecule has 4 N–H and O–H groups in total. The maximum absolute atomic E-state index is 13.5. The second-order valence-corrected chi connectivity index (χ2v) is 13.9. The topological polar surface area (TPSA) is 98.7 Å². The van der Waals surface area contributed by atoms with E-state index in [1.54, 1.807) is 36.9 Å². The molecule has 6 atom stereocenters. The molecule has 0 heterocycles. The van der Waals surface area contributed by atoms with E-state index in [4.69, 9.17) is 0 Å². The number of hydrogen-bond donors (Lipinski definition) is 4. The summed E-state index contributed by atoms with van der Waals surface area (Å²) in [6, 6.07) is 14.3. The predicted molar refractivity (Wildman–Crippen MR) is 161 cm³/mol. The summed E-state index contributed by atoms with van der Waals surface area (Å²) in [6.07, 6.45) is 6.34. The first-order valence-corrected chi connectivity index (χ1v) is 15.8. The zero-order valence-electron chi connectivity index (χ0n) is 24.4. The molecule has 4 rings (SSSR count). The van der Waals surface area contributed by atoms with Gasteiger partial charge >= 0.3 is 0 Å². The van der Waals surface area contributed by atoms with E-state index in [-0.39, 0.29) is 34.9 Å². The molecular weight excluding hydrogens is 520 g/mol. The monoisotopic (exact) mass is 566 g/mol. The van der Waals surface area contributed by atoms with Crippen molar-refractivity contribution in [3.63, 3.8) is 0 Å². The number of phenolic OH excluding ortho intramolecular Hbond substituents is 1. The van der Waals surface area contributed by atoms with Gasteiger partial charge in [-0.15, -0.1) is 11.8 Å². The average Bonchev–Trinajstić information content (AvgIpc) is 2.91. The van der Waals surface area contributed by atoms with E-state index in [1.807, 2.05) is 51.1 Å². The molecule has 0 saturated heterocycles. The highest BCUT2D eigenvalue weighted by Gasteiger charge is 2.43. The lowest BCUT2D eigenvalue weighted by atomic mass is 9.62. The Hall–Kier alpha value is -2.51. The third-order valence-electron chi connectivity index (χ3n) is 8.68. The van der Waals surface area contributed by atoms with Crippen LogP contribution in [0.5, 0.6) is 5.75 Å². The van der Waals surface area contributed by atoms with Crippen molar-refractivity contribution in [2.45, 2.75) is 95.2 Å². The highest BCUT2D eigenvalue weighted by atomic mass is 32.2. The second kappa shape index (κ2) is 13.4. The van der Waals surface area contributed by atoms with Crippen molar-refractivity contribution in [3.05, 3.63) is 59.7 Å². The van der Waals surface area contributed by atoms with Gasteiger partial charge in [-0.1, -0.05) is 49.9 Å². The molecule has 2 unspecified atom stereocenters. The standard InChI is InChI=1S/C33H46N2O4S/c1-21-26(15-10-16-29(21)36)31(38)34-28(20-40-25-13-6-5-7-14-25)30(37)19-24-17-22-11-8-9-12-23(22)18-27(24)32(39)35-33(2,3)4/h5-7,10,13-16,22-24,27-28,30,36-37H,8-9,11-12,17-20H2,1-4H3,(H,34,38)(H,35,39)/t22-,23+,24?,27?,28+,30-/m1/s1. The molecule has 218 valence electrons. The summed E-state index contributed by atoms with van der Waals surface area (Å²) in [5.41, 5.74) is 0.594. The molecular formula is C33H46N2O4S. The highest BCUT2D eigenvalue weighted by molar-refractivity contribution is 7.99. The summed E-state index contributed by atoms with van der Waals surface area (Å²) in [7, 11) is 0. The Morgan fingerprint density at radius 2 is 1.68 bits per heavy atom. The van der Waals surface area contributed by atoms with Crippen LogP contribution in [0.2, 0.25) is 0 Å². The van der Waals surface area contributed by atoms with Crippen LogP contribution in [-0.4, -0.2) is 45.5 Å². The fraction of sp³-hybridized carbons (Fsp3) is 0.576. The first-order chi connectivity index (χ1) is 19.0. The van der Waals surface area contributed by atoms with E-state index in [0.29, 0.717) is 35.1 Å². The van der Waals surface area contributed by atoms with Crippen LogP contribution in [0.4, 0.5) is 0 Å². The average molecular weight is 567 g/mol. The predicted octanol–water partition coefficient (Wildman–Crippen LogP) is 6.09. The van der Waals surface area contributed by atoms with E-state index in [0.717, 1.165) is 17.7 Å². The number of nitrogens with one attached hydrogen (secondary N) is 2. The number of amides is 2. The van der Waals surface area contributed by atoms with Crippen LogP contribution in [-0.2, 0) is 4.79 Å². The normalized spacial score (nSPS) is 24.4. The Morgan fingerprint density at radius 3 is 2.35 bits per heavy atom. The summed E-state index contributed by atoms with van der Waals surface area (Å²) in [5.74, 6) is 1.43. The molecule has 0 radical (unpaired) electrons. The Bertz CT molecular complexity index is 1150. The molecule has 7 heteroatoms. The van der Waals surface area contributed by atoms with Gasteiger partial charge < -0.3 is 20.8 Å². The summed E-state index contributed by atoms with van der Waals surface area (Å²) in [4.78, 5) is 27.9. The SMILES string of the molecule is Cc1c(O)cccc1C(=O)N[C@@H](CSc1ccccc1)[C@H](O)CC1C[C@H]2CCCC[C@H]2CC1C(=O)NC(C)(C)C. The van der Waals surface area contributed by atoms with Crippen molar-refractivity contribution >= 4 is 23.6 Å². The molecule has 2 aromatic carbocycles. The molecule has 2 saturated carbocycles. The molecule has 2 fully saturated rings. The number of carbonyl (C=O) groups excluding carboxylic acids is 2. The Kier molecular flexibility index (Phi) is 10.2. The Labute approximate surface area is 243 Å². The zero-order chi connectivity index (χ0) is 28.9. The molecule has 2 aromatic rings. The molecule has 2 aliphatic carbocycles. The Balaban J connectivity index is 1.54. The van der Waals surface area contributed by atoms with E-state index >= 15 is 0 Å². The first-order valence-electron chi connectivity index (χ1n) is 14.8. The minimum Gasteiger partial charge on any atom is -0.508 e. The number of aliphatic hydroxyl groups is 1. The maximum atomic E-state index is 13.5. The molecule has 40 heavy (non-hydrogen) atoms. The Morgan fingerprint density at radius 1 is 1.00 bits per heavy atom. The lowest BCUT2D eigenvalue weighted by Crippen LogP contribution is -2.51. The number of aliphatic hydroxyl groups excluding tert-OH is 1. The smallest absolute Gasteiger partial charge is 0.252 e. The second-order valence-electron chi connectivity index (χ2n) is 12.8. The van der Waals surface area contributed by atoms with Crippen LogP contribution >= 0.6 is 11.8 Å². The van der Waals surface area contributed by atoms with Crippen molar-refractivity contribution in [3.8, 4) is 5.75 Å². The minimum atomic E-state index is -0.812. The van der Waals surface area contributed by atoms with Gasteiger partial charge in [0.1, 0.15) is 5.75 Å². The van der Waals surface area contributed by atoms with E-state index in [2.05, 4.69) is 10.6 Å². The van der Waals surface area contributed by atoms with Gasteiger partial charge in [0.05, 0.1) is 12.1 Å². The summed E-state index contributed by atoms with van der Waals surface area (Å²) >= 11 is 1.59. The van der Waals surface area contributed by atoms with Crippen molar-refractivity contribution in [2.24, 2.45) is 23.7 Å². The van der Waals surface area contributed by atoms with Crippen molar-refractivity contribution < 1.29 is 19.8 Å². The summed E-state index contributed by atoms with van der Waals surface area (Å²) in [6.45, 7) is 7.75. The zero-order valence-corrected chi connectivity index (χ0v) is 25.2. The van der Waals surface area contributed by atoms with Crippen molar-refractivity contribution in [1.29, 1.82) is 0 Å². The number of rotatable bonds is 9. The number of carbonyl (C=O) groups is 2. The van der Waals surface area contributed by atoms with Crippen LogP contribution in [0, 0.1) is 30.6 Å². The van der Waals surface area contributed by atoms with Gasteiger partial charge in [0.25, 0.3) is 5.91 Å². The van der Waals surface area contributed by atoms with E-state index in [1.165, 1.54) is 25.7 Å². The number of hydrogen-bond acceptors (Lipinski definition) is 5. The highest BCUT2D eigenvalue weighted by Crippen LogP contribution is 2.47. The van der Waals surface area contributed by atoms with Crippen LogP contribution in [0.25, 0.3) is 0 Å². The molecule has 0 aromatic heterocycles. The van der Waals surface area contributed by atoms with Crippen LogP contribution in [0.1, 0.15) is 81.6 Å². The molecule has 0 spiro atoms. The van der Waals surface area contributed by atoms with E-state index < -0.39 is 12.1 Å². The molecule has 2 amide bonds. The van der Waals surface area contributed by atoms with Gasteiger partial charge in [0, 0.05) is 33.2 Å². The minimum absolute atomic E-state index is 0.0559. The van der Waals surface area contributed by atoms with Gasteiger partial charge in [0.15, 0.2) is 0 Å². The first kappa shape index (κ1) is 30.4. The van der Waals surface area contributed by atoms with Gasteiger partial charge in [0.2, 0.25) is 5.91 Å². The van der Waals surface area contributed by atoms with Gasteiger partial charge in [-0.25, -0.2) is 0 Å². The molecule has 2 aliphatic rings. The third kappa shape index (κ3) is 8.03. The van der Waals surface area contributed by atoms with Crippen LogP contribution in [0.15, 0.2) is 53.4 Å². The largest absolute Gasteiger partial charge is 0.508 e. The van der Waals surface area contributed by atoms with E-state index in [9.17, 15) is 19.8 Å². The molecule has 0 bridgehead atoms. The van der Waals surface area contributed by atoms with Gasteiger partial charge in [-0.05, 0) is 89.0 Å². The summed E-state index contributed by atoms with van der Waals surface area (Å²) in [5, 5.41) is 28.1. The summed E-state index contributed by atoms with van der Waals surface area (Å²) < 4.78 is 0. The number of thioether (sulfide) groups is 1. The molecule has 6 nitrogen and oxygen atoms in total. The number of aromatic hydroxyl groups is 1. The lowest BCUT2D eigenvalue weighted by Gasteiger charge is -2.45. The lowest BCUT2D eigenvalue weighted by molar-refractivity contribution is -0.132. The van der Waals surface area contributed by atoms with Crippen molar-refractivity contribution in [1.82, 2.24) is 10.6 Å². The fourth-order valence-electron chi connectivity index (χ4n) is 6.56. The van der Waals surface area contributed by atoms with Crippen LogP contribution in [0.3, 0.4) is 0 Å². The molecule has 0 aliphatic heterocycles. The van der Waals surface area contributed by atoms with Crippen LogP contribution < -0.4 is 10.6 Å². The number of phenols is 1. The fourth-order valence-corrected chi connectivity index (χ4v) is 7.59. The number of benzene rings is 2. The van der Waals surface area contributed by atoms with Crippen molar-refractivity contribution in [2.75, 3.05) is 5.75 Å². The quantitative estimate of drug-likeness (QED) is 0.275. The third-order valence-corrected chi connectivity index (χ3v) is 9.81. The van der Waals surface area contributed by atoms with Gasteiger partial charge in [-0.3, -0.25) is 9.59 Å². The van der Waals surface area contributed by atoms with Gasteiger partial charge in [-0.2, -0.15) is 0 Å².